The zero-order valence-corrected chi connectivity index (χ0v) is 16.2. The minimum Gasteiger partial charge on any atom is -0.341 e. The number of carbonyl (C=O) groups excluding carboxylic acids is 1. The van der Waals surface area contributed by atoms with E-state index in [0.29, 0.717) is 18.9 Å². The maximum atomic E-state index is 12.7. The highest BCUT2D eigenvalue weighted by molar-refractivity contribution is 8.00. The van der Waals surface area contributed by atoms with Crippen LogP contribution >= 0.6 is 11.8 Å². The Balaban J connectivity index is 1.68. The first-order chi connectivity index (χ1) is 11.8. The molecule has 1 aromatic rings. The lowest BCUT2D eigenvalue weighted by Crippen LogP contribution is -2.41. The van der Waals surface area contributed by atoms with E-state index in [0.717, 1.165) is 23.8 Å². The van der Waals surface area contributed by atoms with Gasteiger partial charge in [0.25, 0.3) is 0 Å². The van der Waals surface area contributed by atoms with Gasteiger partial charge in [0, 0.05) is 25.6 Å². The van der Waals surface area contributed by atoms with Crippen LogP contribution in [0.2, 0.25) is 0 Å². The minimum absolute atomic E-state index is 0.0606. The monoisotopic (exact) mass is 384 g/mol. The van der Waals surface area contributed by atoms with Gasteiger partial charge in [0.1, 0.15) is 5.82 Å². The fourth-order valence-corrected chi connectivity index (χ4v) is 5.83. The summed E-state index contributed by atoms with van der Waals surface area (Å²) < 4.78 is 25.3. The first kappa shape index (κ1) is 18.4. The average Bonchev–Trinajstić information content (AvgIpc) is 3.24. The number of allylic oxidation sites excluding steroid dienone is 1. The topological polar surface area (TPSA) is 85.2 Å². The van der Waals surface area contributed by atoms with Crippen LogP contribution in [0.4, 0.5) is 0 Å². The van der Waals surface area contributed by atoms with Gasteiger partial charge in [-0.3, -0.25) is 4.79 Å². The predicted octanol–water partition coefficient (Wildman–Crippen LogP) is 1.47. The van der Waals surface area contributed by atoms with Crippen molar-refractivity contribution in [2.75, 3.05) is 18.6 Å². The third kappa shape index (κ3) is 4.08. The lowest BCUT2D eigenvalue weighted by Gasteiger charge is -2.26. The summed E-state index contributed by atoms with van der Waals surface area (Å²) >= 11 is 1.37. The van der Waals surface area contributed by atoms with Crippen molar-refractivity contribution >= 4 is 27.5 Å². The fourth-order valence-electron chi connectivity index (χ4n) is 3.09. The molecule has 0 spiro atoms. The van der Waals surface area contributed by atoms with E-state index in [4.69, 9.17) is 0 Å². The zero-order chi connectivity index (χ0) is 18.2. The molecule has 2 heterocycles. The second-order valence-electron chi connectivity index (χ2n) is 6.78. The molecule has 2 atom stereocenters. The number of thioether (sulfide) groups is 1. The highest BCUT2D eigenvalue weighted by Crippen LogP contribution is 2.40. The molecule has 7 nitrogen and oxygen atoms in total. The number of amides is 1. The van der Waals surface area contributed by atoms with Gasteiger partial charge in [-0.2, -0.15) is 0 Å². The summed E-state index contributed by atoms with van der Waals surface area (Å²) in [5, 5.41) is 8.91. The number of aromatic nitrogens is 3. The number of hydrogen-bond acceptors (Lipinski definition) is 6. The van der Waals surface area contributed by atoms with Crippen LogP contribution in [0.1, 0.15) is 37.9 Å². The van der Waals surface area contributed by atoms with Crippen molar-refractivity contribution in [1.82, 2.24) is 19.7 Å². The van der Waals surface area contributed by atoms with Gasteiger partial charge in [-0.05, 0) is 26.2 Å². The van der Waals surface area contributed by atoms with Gasteiger partial charge in [0.2, 0.25) is 5.91 Å². The molecule has 138 valence electrons. The third-order valence-electron chi connectivity index (χ3n) is 4.73. The summed E-state index contributed by atoms with van der Waals surface area (Å²) in [6.45, 7) is 6.24. The van der Waals surface area contributed by atoms with Gasteiger partial charge in [-0.25, -0.2) is 8.42 Å². The second-order valence-corrected chi connectivity index (χ2v) is 10.3. The molecule has 1 aromatic heterocycles. The number of nitrogens with zero attached hydrogens (tertiary/aromatic N) is 4. The fraction of sp³-hybridized carbons (Fsp3) is 0.688. The predicted molar refractivity (Wildman–Crippen MR) is 97.3 cm³/mol. The molecular weight excluding hydrogens is 360 g/mol. The van der Waals surface area contributed by atoms with E-state index in [9.17, 15) is 13.2 Å². The van der Waals surface area contributed by atoms with Gasteiger partial charge in [0.15, 0.2) is 15.0 Å². The number of rotatable bonds is 7. The Bertz CT molecular complexity index is 770. The molecule has 1 aliphatic carbocycles. The molecule has 0 radical (unpaired) electrons. The van der Waals surface area contributed by atoms with Crippen LogP contribution in [0.5, 0.6) is 0 Å². The van der Waals surface area contributed by atoms with Crippen LogP contribution in [0.3, 0.4) is 0 Å². The Kier molecular flexibility index (Phi) is 5.24. The molecule has 0 bridgehead atoms. The van der Waals surface area contributed by atoms with Crippen LogP contribution in [0, 0.1) is 0 Å². The van der Waals surface area contributed by atoms with Gasteiger partial charge in [-0.1, -0.05) is 17.8 Å². The molecule has 2 aliphatic rings. The average molecular weight is 385 g/mol. The number of hydrogen-bond donors (Lipinski definition) is 0. The standard InChI is InChI=1S/C16H24N4O3S2/c1-4-8-20-14(12-5-6-12)17-18-16(20)24-11(2)15(21)19(3)13-7-9-25(22,23)10-13/h4,11-13H,1,5-10H2,2-3H3. The molecule has 1 aliphatic heterocycles. The van der Waals surface area contributed by atoms with E-state index >= 15 is 0 Å². The Morgan fingerprint density at radius 2 is 2.16 bits per heavy atom. The van der Waals surface area contributed by atoms with Crippen molar-refractivity contribution < 1.29 is 13.2 Å². The van der Waals surface area contributed by atoms with Crippen molar-refractivity contribution in [2.24, 2.45) is 0 Å². The smallest absolute Gasteiger partial charge is 0.235 e. The molecule has 2 unspecified atom stereocenters. The normalized spacial score (nSPS) is 23.4. The first-order valence-electron chi connectivity index (χ1n) is 8.50. The summed E-state index contributed by atoms with van der Waals surface area (Å²) in [6.07, 6.45) is 4.59. The molecule has 1 saturated heterocycles. The molecule has 1 amide bonds. The van der Waals surface area contributed by atoms with Crippen LogP contribution in [-0.2, 0) is 21.2 Å². The van der Waals surface area contributed by atoms with Crippen molar-refractivity contribution in [3.8, 4) is 0 Å². The summed E-state index contributed by atoms with van der Waals surface area (Å²) in [6, 6.07) is -0.228. The van der Waals surface area contributed by atoms with Crippen LogP contribution in [-0.4, -0.2) is 63.8 Å². The van der Waals surface area contributed by atoms with Crippen LogP contribution in [0.15, 0.2) is 17.8 Å². The van der Waals surface area contributed by atoms with E-state index < -0.39 is 9.84 Å². The highest BCUT2D eigenvalue weighted by Gasteiger charge is 2.35. The maximum absolute atomic E-state index is 12.7. The lowest BCUT2D eigenvalue weighted by molar-refractivity contribution is -0.130. The molecule has 1 saturated carbocycles. The second kappa shape index (κ2) is 7.11. The molecule has 0 N–H and O–H groups in total. The zero-order valence-electron chi connectivity index (χ0n) is 14.6. The molecule has 3 rings (SSSR count). The van der Waals surface area contributed by atoms with Crippen molar-refractivity contribution in [1.29, 1.82) is 0 Å². The summed E-state index contributed by atoms with van der Waals surface area (Å²) in [4.78, 5) is 14.3. The van der Waals surface area contributed by atoms with Gasteiger partial charge in [-0.15, -0.1) is 16.8 Å². The van der Waals surface area contributed by atoms with Crippen LogP contribution in [0.25, 0.3) is 0 Å². The Morgan fingerprint density at radius 3 is 2.72 bits per heavy atom. The molecular formula is C16H24N4O3S2. The van der Waals surface area contributed by atoms with Crippen molar-refractivity contribution in [3.05, 3.63) is 18.5 Å². The highest BCUT2D eigenvalue weighted by atomic mass is 32.2. The van der Waals surface area contributed by atoms with E-state index in [-0.39, 0.29) is 28.7 Å². The maximum Gasteiger partial charge on any atom is 0.235 e. The largest absolute Gasteiger partial charge is 0.341 e. The van der Waals surface area contributed by atoms with E-state index in [1.165, 1.54) is 11.8 Å². The SMILES string of the molecule is C=CCn1c(SC(C)C(=O)N(C)C2CCS(=O)(=O)C2)nnc1C1CC1. The van der Waals surface area contributed by atoms with Gasteiger partial charge in [0.05, 0.1) is 16.8 Å². The van der Waals surface area contributed by atoms with E-state index in [1.54, 1.807) is 18.0 Å². The van der Waals surface area contributed by atoms with Crippen molar-refractivity contribution in [2.45, 2.75) is 55.1 Å². The third-order valence-corrected chi connectivity index (χ3v) is 7.55. The molecule has 25 heavy (non-hydrogen) atoms. The number of carbonyl (C=O) groups is 1. The lowest BCUT2D eigenvalue weighted by atomic mass is 10.2. The van der Waals surface area contributed by atoms with Gasteiger partial charge < -0.3 is 9.47 Å². The van der Waals surface area contributed by atoms with E-state index in [1.807, 2.05) is 11.5 Å². The Labute approximate surface area is 152 Å². The Hall–Kier alpha value is -1.35. The summed E-state index contributed by atoms with van der Waals surface area (Å²) in [5.74, 6) is 1.59. The Morgan fingerprint density at radius 1 is 1.44 bits per heavy atom. The van der Waals surface area contributed by atoms with Crippen LogP contribution < -0.4 is 0 Å². The summed E-state index contributed by atoms with van der Waals surface area (Å²) in [7, 11) is -1.32. The van der Waals surface area contributed by atoms with E-state index in [2.05, 4.69) is 16.8 Å². The molecule has 0 aromatic carbocycles. The van der Waals surface area contributed by atoms with Crippen molar-refractivity contribution in [3.63, 3.8) is 0 Å². The molecule has 9 heteroatoms. The minimum atomic E-state index is -3.01. The molecule has 2 fully saturated rings. The first-order valence-corrected chi connectivity index (χ1v) is 11.2. The number of sulfone groups is 1. The quantitative estimate of drug-likeness (QED) is 0.523. The summed E-state index contributed by atoms with van der Waals surface area (Å²) in [5.41, 5.74) is 0. The van der Waals surface area contributed by atoms with Gasteiger partial charge >= 0.3 is 0 Å².